The highest BCUT2D eigenvalue weighted by atomic mass is 32.2. The molecule has 1 rings (SSSR count). The largest absolute Gasteiger partial charge is 0.455 e. The third-order valence-electron chi connectivity index (χ3n) is 2.41. The highest BCUT2D eigenvalue weighted by molar-refractivity contribution is 7.97. The van der Waals surface area contributed by atoms with E-state index in [1.54, 1.807) is 23.9 Å². The van der Waals surface area contributed by atoms with Crippen LogP contribution >= 0.6 is 11.8 Å². The van der Waals surface area contributed by atoms with Gasteiger partial charge in [0.1, 0.15) is 5.76 Å². The predicted octanol–water partition coefficient (Wildman–Crippen LogP) is 1.89. The fraction of sp³-hybridized carbons (Fsp3) is 0.583. The smallest absolute Gasteiger partial charge is 0.287 e. The molecule has 0 aliphatic carbocycles. The number of nitrogens with one attached hydrogen (secondary N) is 1. The van der Waals surface area contributed by atoms with Gasteiger partial charge < -0.3 is 14.8 Å². The van der Waals surface area contributed by atoms with Crippen LogP contribution in [0.25, 0.3) is 0 Å². The number of aliphatic hydroxyl groups is 1. The summed E-state index contributed by atoms with van der Waals surface area (Å²) in [5, 5.41) is 12.2. The zero-order valence-electron chi connectivity index (χ0n) is 10.4. The Labute approximate surface area is 106 Å². The first-order chi connectivity index (χ1) is 8.04. The normalized spacial score (nSPS) is 12.8. The first-order valence-electron chi connectivity index (χ1n) is 5.58. The molecule has 2 N–H and O–H groups in total. The van der Waals surface area contributed by atoms with Gasteiger partial charge in [-0.15, -0.1) is 0 Å². The molecule has 1 unspecified atom stereocenters. The molecule has 0 saturated heterocycles. The van der Waals surface area contributed by atoms with Gasteiger partial charge in [-0.1, -0.05) is 13.8 Å². The van der Waals surface area contributed by atoms with Crippen molar-refractivity contribution >= 4 is 17.7 Å². The summed E-state index contributed by atoms with van der Waals surface area (Å²) in [5.41, 5.74) is 0. The number of carbonyl (C=O) groups is 1. The van der Waals surface area contributed by atoms with Gasteiger partial charge in [0.15, 0.2) is 5.76 Å². The van der Waals surface area contributed by atoms with Crippen LogP contribution in [0, 0.1) is 5.92 Å². The Morgan fingerprint density at radius 3 is 2.82 bits per heavy atom. The van der Waals surface area contributed by atoms with E-state index in [0.29, 0.717) is 5.76 Å². The fourth-order valence-corrected chi connectivity index (χ4v) is 1.68. The van der Waals surface area contributed by atoms with E-state index in [0.717, 1.165) is 11.5 Å². The summed E-state index contributed by atoms with van der Waals surface area (Å²) in [6, 6.07) is 3.45. The molecule has 0 saturated carbocycles. The lowest BCUT2D eigenvalue weighted by Crippen LogP contribution is -2.34. The van der Waals surface area contributed by atoms with Crippen LogP contribution in [0.15, 0.2) is 16.5 Å². The second kappa shape index (κ2) is 6.71. The molecular weight excluding hydrogens is 238 g/mol. The lowest BCUT2D eigenvalue weighted by molar-refractivity contribution is 0.0845. The molecule has 17 heavy (non-hydrogen) atoms. The van der Waals surface area contributed by atoms with Gasteiger partial charge >= 0.3 is 0 Å². The molecule has 4 nitrogen and oxygen atoms in total. The summed E-state index contributed by atoms with van der Waals surface area (Å²) in [6.45, 7) is 4.05. The molecular formula is C12H19NO3S. The Hall–Kier alpha value is -0.940. The molecule has 96 valence electrons. The van der Waals surface area contributed by atoms with Crippen molar-refractivity contribution in [3.8, 4) is 0 Å². The summed E-state index contributed by atoms with van der Waals surface area (Å²) in [4.78, 5) is 11.7. The van der Waals surface area contributed by atoms with Crippen molar-refractivity contribution in [1.82, 2.24) is 5.32 Å². The SMILES string of the molecule is CSCc1ccc(C(=O)NCC(O)C(C)C)o1. The van der Waals surface area contributed by atoms with Gasteiger partial charge in [-0.3, -0.25) is 4.79 Å². The van der Waals surface area contributed by atoms with E-state index in [-0.39, 0.29) is 18.4 Å². The minimum atomic E-state index is -0.528. The van der Waals surface area contributed by atoms with Crippen LogP contribution in [0.2, 0.25) is 0 Å². The van der Waals surface area contributed by atoms with Crippen molar-refractivity contribution in [3.05, 3.63) is 23.7 Å². The number of furan rings is 1. The summed E-state index contributed by atoms with van der Waals surface area (Å²) < 4.78 is 5.36. The summed E-state index contributed by atoms with van der Waals surface area (Å²) >= 11 is 1.64. The molecule has 0 spiro atoms. The first kappa shape index (κ1) is 14.1. The van der Waals surface area contributed by atoms with Crippen LogP contribution in [0.1, 0.15) is 30.2 Å². The van der Waals surface area contributed by atoms with Gasteiger partial charge in [0.05, 0.1) is 11.9 Å². The molecule has 0 radical (unpaired) electrons. The molecule has 0 aromatic carbocycles. The van der Waals surface area contributed by atoms with E-state index in [1.165, 1.54) is 0 Å². The quantitative estimate of drug-likeness (QED) is 0.817. The average Bonchev–Trinajstić information content (AvgIpc) is 2.74. The second-order valence-electron chi connectivity index (χ2n) is 4.22. The lowest BCUT2D eigenvalue weighted by atomic mass is 10.1. The highest BCUT2D eigenvalue weighted by Gasteiger charge is 2.14. The van der Waals surface area contributed by atoms with Crippen molar-refractivity contribution in [2.24, 2.45) is 5.92 Å². The predicted molar refractivity (Wildman–Crippen MR) is 69.1 cm³/mol. The lowest BCUT2D eigenvalue weighted by Gasteiger charge is -2.14. The van der Waals surface area contributed by atoms with Gasteiger partial charge in [0, 0.05) is 6.54 Å². The third kappa shape index (κ3) is 4.44. The van der Waals surface area contributed by atoms with Crippen molar-refractivity contribution in [3.63, 3.8) is 0 Å². The Morgan fingerprint density at radius 1 is 1.53 bits per heavy atom. The molecule has 1 heterocycles. The minimum absolute atomic E-state index is 0.124. The van der Waals surface area contributed by atoms with Crippen molar-refractivity contribution < 1.29 is 14.3 Å². The first-order valence-corrected chi connectivity index (χ1v) is 6.98. The topological polar surface area (TPSA) is 62.5 Å². The number of amides is 1. The maximum atomic E-state index is 11.7. The molecule has 1 aromatic heterocycles. The Bertz CT molecular complexity index is 362. The molecule has 1 aromatic rings. The number of aliphatic hydroxyl groups excluding tert-OH is 1. The third-order valence-corrected chi connectivity index (χ3v) is 2.99. The Balaban J connectivity index is 2.46. The standard InChI is InChI=1S/C12H19NO3S/c1-8(2)10(14)6-13-12(15)11-5-4-9(16-11)7-17-3/h4-5,8,10,14H,6-7H2,1-3H3,(H,13,15). The number of hydrogen-bond acceptors (Lipinski definition) is 4. The molecule has 0 bridgehead atoms. The van der Waals surface area contributed by atoms with E-state index in [1.807, 2.05) is 20.1 Å². The summed E-state index contributed by atoms with van der Waals surface area (Å²) in [6.07, 6.45) is 1.45. The Morgan fingerprint density at radius 2 is 2.24 bits per heavy atom. The van der Waals surface area contributed by atoms with E-state index < -0.39 is 6.10 Å². The summed E-state index contributed by atoms with van der Waals surface area (Å²) in [5.74, 6) is 1.68. The van der Waals surface area contributed by atoms with E-state index in [2.05, 4.69) is 5.32 Å². The van der Waals surface area contributed by atoms with E-state index in [4.69, 9.17) is 4.42 Å². The molecule has 5 heteroatoms. The van der Waals surface area contributed by atoms with Gasteiger partial charge in [-0.05, 0) is 24.3 Å². The Kier molecular flexibility index (Phi) is 5.58. The van der Waals surface area contributed by atoms with Gasteiger partial charge in [0.2, 0.25) is 0 Å². The number of thioether (sulfide) groups is 1. The van der Waals surface area contributed by atoms with Crippen LogP contribution in [-0.4, -0.2) is 29.9 Å². The van der Waals surface area contributed by atoms with Crippen molar-refractivity contribution in [2.75, 3.05) is 12.8 Å². The van der Waals surface area contributed by atoms with Crippen LogP contribution in [0.4, 0.5) is 0 Å². The van der Waals surface area contributed by atoms with Crippen LogP contribution in [0.5, 0.6) is 0 Å². The van der Waals surface area contributed by atoms with E-state index in [9.17, 15) is 9.90 Å². The summed E-state index contributed by atoms with van der Waals surface area (Å²) in [7, 11) is 0. The number of carbonyl (C=O) groups excluding carboxylic acids is 1. The molecule has 1 amide bonds. The van der Waals surface area contributed by atoms with Crippen LogP contribution in [-0.2, 0) is 5.75 Å². The highest BCUT2D eigenvalue weighted by Crippen LogP contribution is 2.13. The van der Waals surface area contributed by atoms with E-state index >= 15 is 0 Å². The minimum Gasteiger partial charge on any atom is -0.455 e. The monoisotopic (exact) mass is 257 g/mol. The van der Waals surface area contributed by atoms with Gasteiger partial charge in [-0.2, -0.15) is 11.8 Å². The van der Waals surface area contributed by atoms with Crippen molar-refractivity contribution in [2.45, 2.75) is 25.7 Å². The maximum absolute atomic E-state index is 11.7. The number of rotatable bonds is 6. The molecule has 0 fully saturated rings. The molecule has 0 aliphatic rings. The molecule has 0 aliphatic heterocycles. The zero-order valence-corrected chi connectivity index (χ0v) is 11.2. The number of hydrogen-bond donors (Lipinski definition) is 2. The molecule has 1 atom stereocenters. The van der Waals surface area contributed by atoms with Crippen LogP contribution in [0.3, 0.4) is 0 Å². The average molecular weight is 257 g/mol. The van der Waals surface area contributed by atoms with Crippen molar-refractivity contribution in [1.29, 1.82) is 0 Å². The zero-order chi connectivity index (χ0) is 12.8. The second-order valence-corrected chi connectivity index (χ2v) is 5.09. The fourth-order valence-electron chi connectivity index (χ4n) is 1.24. The van der Waals surface area contributed by atoms with Gasteiger partial charge in [-0.25, -0.2) is 0 Å². The van der Waals surface area contributed by atoms with Crippen LogP contribution < -0.4 is 5.32 Å². The maximum Gasteiger partial charge on any atom is 0.287 e. The van der Waals surface area contributed by atoms with Gasteiger partial charge in [0.25, 0.3) is 5.91 Å².